The molecule has 1 aliphatic carbocycles. The van der Waals surface area contributed by atoms with Crippen LogP contribution in [0.4, 0.5) is 0 Å². The minimum atomic E-state index is 0.103. The summed E-state index contributed by atoms with van der Waals surface area (Å²) in [5.41, 5.74) is 0.312. The van der Waals surface area contributed by atoms with Gasteiger partial charge in [0, 0.05) is 55.7 Å². The first-order valence-electron chi connectivity index (χ1n) is 17.5. The summed E-state index contributed by atoms with van der Waals surface area (Å²) in [6.45, 7) is 22.2. The van der Waals surface area contributed by atoms with Crippen LogP contribution >= 0.6 is 11.6 Å². The van der Waals surface area contributed by atoms with Gasteiger partial charge in [0.25, 0.3) is 0 Å². The molecule has 1 atom stereocenters. The summed E-state index contributed by atoms with van der Waals surface area (Å²) in [6.07, 6.45) is 9.80. The fraction of sp³-hybridized carbons (Fsp3) is 0.757. The number of ether oxygens (including phenoxy) is 1. The fourth-order valence-corrected chi connectivity index (χ4v) is 6.17. The summed E-state index contributed by atoms with van der Waals surface area (Å²) in [4.78, 5) is 40.2. The molecule has 4 aliphatic rings. The number of nitrogens with zero attached hydrogens (tertiary/aromatic N) is 3. The van der Waals surface area contributed by atoms with Crippen LogP contribution in [0.2, 0.25) is 5.02 Å². The van der Waals surface area contributed by atoms with Crippen LogP contribution in [0.5, 0.6) is 0 Å². The van der Waals surface area contributed by atoms with Gasteiger partial charge in [-0.25, -0.2) is 0 Å². The maximum atomic E-state index is 12.2. The molecule has 0 radical (unpaired) electrons. The number of benzene rings is 1. The van der Waals surface area contributed by atoms with E-state index in [-0.39, 0.29) is 22.8 Å². The lowest BCUT2D eigenvalue weighted by molar-refractivity contribution is -0.134. The summed E-state index contributed by atoms with van der Waals surface area (Å²) in [7, 11) is 0. The number of carbonyl (C=O) groups excluding carboxylic acids is 3. The van der Waals surface area contributed by atoms with Crippen LogP contribution < -0.4 is 5.32 Å². The van der Waals surface area contributed by atoms with E-state index >= 15 is 0 Å². The lowest BCUT2D eigenvalue weighted by atomic mass is 9.86. The molecule has 0 spiro atoms. The van der Waals surface area contributed by atoms with Gasteiger partial charge in [-0.15, -0.1) is 0 Å². The molecule has 9 heteroatoms. The van der Waals surface area contributed by atoms with Crippen LogP contribution in [0, 0.1) is 17.3 Å². The third-order valence-electron chi connectivity index (χ3n) is 8.90. The summed E-state index contributed by atoms with van der Waals surface area (Å²) in [6, 6.07) is 9.88. The number of halogens is 1. The predicted molar refractivity (Wildman–Crippen MR) is 189 cm³/mol. The van der Waals surface area contributed by atoms with Gasteiger partial charge in [-0.05, 0) is 95.7 Å². The summed E-state index contributed by atoms with van der Waals surface area (Å²) >= 11 is 5.54. The van der Waals surface area contributed by atoms with Gasteiger partial charge in [-0.2, -0.15) is 0 Å². The Hall–Kier alpha value is -2.16. The molecule has 262 valence electrons. The molecule has 8 nitrogen and oxygen atoms in total. The van der Waals surface area contributed by atoms with Crippen LogP contribution in [0.1, 0.15) is 99.8 Å². The van der Waals surface area contributed by atoms with E-state index in [1.54, 1.807) is 4.90 Å². The maximum Gasteiger partial charge on any atom is 0.227 e. The normalized spacial score (nSPS) is 23.5. The van der Waals surface area contributed by atoms with Gasteiger partial charge in [0.15, 0.2) is 0 Å². The number of hydrogen-bond acceptors (Lipinski definition) is 5. The largest absolute Gasteiger partial charge is 0.378 e. The summed E-state index contributed by atoms with van der Waals surface area (Å²) < 4.78 is 5.00. The molecule has 0 aromatic heterocycles. The van der Waals surface area contributed by atoms with Gasteiger partial charge in [0.2, 0.25) is 18.2 Å². The zero-order valence-corrected chi connectivity index (χ0v) is 30.6. The van der Waals surface area contributed by atoms with Crippen molar-refractivity contribution in [2.45, 2.75) is 111 Å². The van der Waals surface area contributed by atoms with Crippen molar-refractivity contribution < 1.29 is 19.1 Å². The predicted octanol–water partition coefficient (Wildman–Crippen LogP) is 6.66. The molecule has 1 N–H and O–H groups in total. The molecular formula is C37H63ClN4O4. The van der Waals surface area contributed by atoms with Crippen molar-refractivity contribution >= 4 is 29.8 Å². The van der Waals surface area contributed by atoms with E-state index in [0.717, 1.165) is 75.9 Å². The van der Waals surface area contributed by atoms with Crippen LogP contribution in [0.25, 0.3) is 0 Å². The number of nitrogens with one attached hydrogen (secondary N) is 1. The average molecular weight is 663 g/mol. The minimum Gasteiger partial charge on any atom is -0.378 e. The Morgan fingerprint density at radius 2 is 1.48 bits per heavy atom. The number of carbonyl (C=O) groups is 3. The van der Waals surface area contributed by atoms with Crippen LogP contribution in [-0.2, 0) is 19.1 Å². The Kier molecular flexibility index (Phi) is 17.6. The highest BCUT2D eigenvalue weighted by Crippen LogP contribution is 2.27. The van der Waals surface area contributed by atoms with Gasteiger partial charge in [-0.1, -0.05) is 57.5 Å². The van der Waals surface area contributed by atoms with Crippen LogP contribution in [0.15, 0.2) is 30.3 Å². The lowest BCUT2D eigenvalue weighted by Gasteiger charge is -2.31. The van der Waals surface area contributed by atoms with E-state index in [9.17, 15) is 14.4 Å². The maximum absolute atomic E-state index is 12.2. The number of hydrogen-bond donors (Lipinski definition) is 1. The Balaban J connectivity index is 0.000000226. The summed E-state index contributed by atoms with van der Waals surface area (Å²) in [5, 5.41) is 3.95. The molecule has 46 heavy (non-hydrogen) atoms. The van der Waals surface area contributed by atoms with E-state index in [1.807, 2.05) is 30.3 Å². The first kappa shape index (κ1) is 40.0. The van der Waals surface area contributed by atoms with Crippen molar-refractivity contribution in [3.8, 4) is 0 Å². The third-order valence-corrected chi connectivity index (χ3v) is 9.16. The van der Waals surface area contributed by atoms with E-state index in [4.69, 9.17) is 16.3 Å². The van der Waals surface area contributed by atoms with Crippen molar-refractivity contribution in [2.75, 3.05) is 52.5 Å². The third kappa shape index (κ3) is 16.6. The monoisotopic (exact) mass is 662 g/mol. The van der Waals surface area contributed by atoms with E-state index < -0.39 is 0 Å². The Morgan fingerprint density at radius 3 is 1.91 bits per heavy atom. The Bertz CT molecular complexity index is 1010. The number of morpholine rings is 1. The van der Waals surface area contributed by atoms with Gasteiger partial charge in [0.05, 0.1) is 19.1 Å². The Morgan fingerprint density at radius 1 is 0.891 bits per heavy atom. The quantitative estimate of drug-likeness (QED) is 0.365. The molecule has 0 unspecified atom stereocenters. The average Bonchev–Trinajstić information content (AvgIpc) is 3.73. The molecule has 0 bridgehead atoms. The molecule has 3 saturated heterocycles. The highest BCUT2D eigenvalue weighted by molar-refractivity contribution is 6.30. The van der Waals surface area contributed by atoms with Gasteiger partial charge >= 0.3 is 0 Å². The first-order chi connectivity index (χ1) is 21.7. The van der Waals surface area contributed by atoms with Crippen molar-refractivity contribution in [2.24, 2.45) is 17.3 Å². The van der Waals surface area contributed by atoms with Crippen molar-refractivity contribution in [3.63, 3.8) is 0 Å². The molecule has 3 amide bonds. The van der Waals surface area contributed by atoms with Crippen LogP contribution in [-0.4, -0.2) is 97.0 Å². The number of amides is 3. The smallest absolute Gasteiger partial charge is 0.227 e. The molecule has 3 aliphatic heterocycles. The second-order valence-electron chi connectivity index (χ2n) is 15.4. The fourth-order valence-electron chi connectivity index (χ4n) is 6.03. The van der Waals surface area contributed by atoms with E-state index in [2.05, 4.69) is 63.6 Å². The van der Waals surface area contributed by atoms with Gasteiger partial charge in [-0.3, -0.25) is 19.3 Å². The van der Waals surface area contributed by atoms with Crippen molar-refractivity contribution in [1.82, 2.24) is 20.0 Å². The molecule has 1 saturated carbocycles. The highest BCUT2D eigenvalue weighted by atomic mass is 35.5. The first-order valence-corrected chi connectivity index (χ1v) is 17.9. The second-order valence-corrected chi connectivity index (χ2v) is 15.9. The standard InChI is InChI=1S/C13H24N2O.C13H25NO.C6H5Cl.C5H9NO2/c1-13(2,3)15-9-6-11(10-15)12(16)14-7-4-5-8-14;1-10-5-7-11(8-6-10)14-12(15)9-13(2,3)4;7-6-4-2-1-3-5-6;7-5-6-1-3-8-4-2-6/h11H,4-10H2,1-3H3;10-11H,5-9H2,1-4H3,(H,14,15);1-5H;5H,1-4H2/t11-;;;/m0.../s1. The van der Waals surface area contributed by atoms with Gasteiger partial charge < -0.3 is 19.9 Å². The second kappa shape index (κ2) is 20.3. The molecule has 5 rings (SSSR count). The lowest BCUT2D eigenvalue weighted by Crippen LogP contribution is -2.41. The Labute approximate surface area is 284 Å². The molecule has 4 fully saturated rings. The summed E-state index contributed by atoms with van der Waals surface area (Å²) in [5.74, 6) is 1.74. The zero-order chi connectivity index (χ0) is 34.2. The molecule has 1 aromatic carbocycles. The molecular weight excluding hydrogens is 600 g/mol. The van der Waals surface area contributed by atoms with Crippen LogP contribution in [0.3, 0.4) is 0 Å². The number of likely N-dealkylation sites (tertiary alicyclic amines) is 2. The molecule has 3 heterocycles. The van der Waals surface area contributed by atoms with Crippen molar-refractivity contribution in [3.05, 3.63) is 35.4 Å². The van der Waals surface area contributed by atoms with E-state index in [1.165, 1.54) is 25.7 Å². The van der Waals surface area contributed by atoms with E-state index in [0.29, 0.717) is 31.6 Å². The topological polar surface area (TPSA) is 82.2 Å². The molecule has 1 aromatic rings. The zero-order valence-electron chi connectivity index (χ0n) is 29.9. The van der Waals surface area contributed by atoms with Gasteiger partial charge in [0.1, 0.15) is 0 Å². The minimum absolute atomic E-state index is 0.103. The highest BCUT2D eigenvalue weighted by Gasteiger charge is 2.36. The van der Waals surface area contributed by atoms with Crippen molar-refractivity contribution in [1.29, 1.82) is 0 Å². The SMILES string of the molecule is CC(C)(C)N1CC[C@H](C(=O)N2CCCC2)C1.CC1CCC(NC(=O)CC(C)(C)C)CC1.Clc1ccccc1.O=CN1CCOCC1. The number of rotatable bonds is 4.